The molecule has 13 rings (SSSR count). The highest BCUT2D eigenvalue weighted by atomic mass is 15.0. The molecule has 4 aromatic heterocycles. The Morgan fingerprint density at radius 2 is 0.850 bits per heavy atom. The van der Waals surface area contributed by atoms with Crippen molar-refractivity contribution in [2.24, 2.45) is 0 Å². The van der Waals surface area contributed by atoms with Gasteiger partial charge in [0.25, 0.3) is 0 Å². The molecule has 6 nitrogen and oxygen atoms in total. The van der Waals surface area contributed by atoms with Gasteiger partial charge in [-0.1, -0.05) is 109 Å². The third-order valence-electron chi connectivity index (χ3n) is 12.7. The van der Waals surface area contributed by atoms with Crippen LogP contribution in [0.3, 0.4) is 0 Å². The number of nitrogens with zero attached hydrogens (tertiary/aromatic N) is 6. The number of hydrogen-bond acceptors (Lipinski definition) is 3. The Hall–Kier alpha value is -8.58. The largest absolute Gasteiger partial charge is 0.318 e. The van der Waals surface area contributed by atoms with Gasteiger partial charge >= 0.3 is 0 Å². The van der Waals surface area contributed by atoms with Gasteiger partial charge in [-0.3, -0.25) is 9.97 Å². The van der Waals surface area contributed by atoms with Gasteiger partial charge in [0, 0.05) is 68.2 Å². The van der Waals surface area contributed by atoms with E-state index < -0.39 is 0 Å². The summed E-state index contributed by atoms with van der Waals surface area (Å²) in [5, 5.41) is 25.1. The number of hydrogen-bond donors (Lipinski definition) is 0. The molecule has 0 saturated carbocycles. The van der Waals surface area contributed by atoms with Crippen LogP contribution in [0.5, 0.6) is 0 Å². The van der Waals surface area contributed by atoms with E-state index in [0.717, 1.165) is 115 Å². The molecule has 13 aromatic rings. The lowest BCUT2D eigenvalue weighted by Crippen LogP contribution is -2.08. The second-order valence-corrected chi connectivity index (χ2v) is 15.4. The van der Waals surface area contributed by atoms with Gasteiger partial charge in [0.1, 0.15) is 6.07 Å². The smallest absolute Gasteiger partial charge is 0.220 e. The van der Waals surface area contributed by atoms with Crippen LogP contribution in [0.1, 0.15) is 5.56 Å². The molecule has 0 bridgehead atoms. The summed E-state index contributed by atoms with van der Waals surface area (Å²) in [5.41, 5.74) is 9.35. The molecular formula is C54H28N6. The minimum atomic E-state index is 0.415. The van der Waals surface area contributed by atoms with E-state index in [0.29, 0.717) is 16.8 Å². The van der Waals surface area contributed by atoms with Crippen molar-refractivity contribution >= 4 is 92.4 Å². The van der Waals surface area contributed by atoms with Crippen LogP contribution in [0.2, 0.25) is 0 Å². The molecule has 0 amide bonds. The molecule has 0 spiro atoms. The molecule has 274 valence electrons. The third-order valence-corrected chi connectivity index (χ3v) is 12.7. The van der Waals surface area contributed by atoms with Gasteiger partial charge in [-0.2, -0.15) is 5.26 Å². The maximum absolute atomic E-state index is 11.7. The molecule has 0 fully saturated rings. The van der Waals surface area contributed by atoms with Crippen LogP contribution in [0.4, 0.5) is 5.69 Å². The Labute approximate surface area is 342 Å². The Morgan fingerprint density at radius 3 is 1.28 bits per heavy atom. The molecule has 0 atom stereocenters. The summed E-state index contributed by atoms with van der Waals surface area (Å²) >= 11 is 0. The zero-order valence-electron chi connectivity index (χ0n) is 31.8. The van der Waals surface area contributed by atoms with Crippen molar-refractivity contribution in [2.75, 3.05) is 0 Å². The van der Waals surface area contributed by atoms with E-state index in [4.69, 9.17) is 6.57 Å². The van der Waals surface area contributed by atoms with Crippen LogP contribution in [-0.2, 0) is 0 Å². The standard InChI is InChI=1S/C54H28N6/c1-56-52-46(31-12-4-2-5-13-31)39(28-55)53(59-42-20-8-16-35-33-24-26-57-29-40(33)37-18-10-21-43(59)50(37)48(35)42)47(32-14-6-3-7-15-32)54(52)60-44-22-9-17-36-34-25-27-58-30-41(34)38-19-11-23-45(60)51(38)49(36)44/h2-27,29-30H. The van der Waals surface area contributed by atoms with Crippen molar-refractivity contribution in [3.05, 3.63) is 187 Å². The predicted octanol–water partition coefficient (Wildman–Crippen LogP) is 13.9. The minimum Gasteiger partial charge on any atom is -0.318 e. The molecule has 0 N–H and O–H groups in total. The molecule has 0 aliphatic heterocycles. The number of fused-ring (bicyclic) bond motifs is 6. The first-order valence-corrected chi connectivity index (χ1v) is 19.9. The second kappa shape index (κ2) is 12.0. The van der Waals surface area contributed by atoms with E-state index in [1.54, 1.807) is 0 Å². The monoisotopic (exact) mass is 760 g/mol. The van der Waals surface area contributed by atoms with Gasteiger partial charge in [-0.05, 0) is 79.8 Å². The molecule has 0 aliphatic rings. The average molecular weight is 761 g/mol. The first kappa shape index (κ1) is 32.5. The van der Waals surface area contributed by atoms with E-state index >= 15 is 0 Å². The first-order valence-electron chi connectivity index (χ1n) is 19.9. The van der Waals surface area contributed by atoms with Crippen LogP contribution in [0.15, 0.2) is 170 Å². The Kier molecular flexibility index (Phi) is 6.48. The van der Waals surface area contributed by atoms with E-state index in [-0.39, 0.29) is 0 Å². The first-order chi connectivity index (χ1) is 29.8. The topological polar surface area (TPSA) is 63.8 Å². The number of aromatic nitrogens is 4. The molecule has 60 heavy (non-hydrogen) atoms. The summed E-state index contributed by atoms with van der Waals surface area (Å²) in [7, 11) is 0. The van der Waals surface area contributed by atoms with Gasteiger partial charge in [-0.15, -0.1) is 0 Å². The second-order valence-electron chi connectivity index (χ2n) is 15.4. The minimum absolute atomic E-state index is 0.415. The maximum Gasteiger partial charge on any atom is 0.220 e. The van der Waals surface area contributed by atoms with Crippen molar-refractivity contribution < 1.29 is 0 Å². The molecular weight excluding hydrogens is 733 g/mol. The summed E-state index contributed by atoms with van der Waals surface area (Å²) in [6.07, 6.45) is 7.64. The summed E-state index contributed by atoms with van der Waals surface area (Å²) in [4.78, 5) is 13.6. The van der Waals surface area contributed by atoms with Crippen LogP contribution in [0.25, 0.3) is 125 Å². The number of pyridine rings is 2. The van der Waals surface area contributed by atoms with E-state index in [1.165, 1.54) is 0 Å². The van der Waals surface area contributed by atoms with E-state index in [9.17, 15) is 5.26 Å². The fourth-order valence-corrected chi connectivity index (χ4v) is 10.4. The van der Waals surface area contributed by atoms with Gasteiger partial charge in [-0.25, -0.2) is 4.85 Å². The highest BCUT2D eigenvalue weighted by Gasteiger charge is 2.33. The van der Waals surface area contributed by atoms with Crippen molar-refractivity contribution in [2.45, 2.75) is 0 Å². The van der Waals surface area contributed by atoms with Crippen molar-refractivity contribution in [1.82, 2.24) is 19.1 Å². The van der Waals surface area contributed by atoms with Crippen molar-refractivity contribution in [3.63, 3.8) is 0 Å². The van der Waals surface area contributed by atoms with Gasteiger partial charge in [0.15, 0.2) is 0 Å². The molecule has 0 radical (unpaired) electrons. The van der Waals surface area contributed by atoms with E-state index in [1.807, 2.05) is 73.3 Å². The Morgan fingerprint density at radius 1 is 0.433 bits per heavy atom. The number of rotatable bonds is 4. The van der Waals surface area contributed by atoms with Crippen LogP contribution in [-0.4, -0.2) is 19.1 Å². The van der Waals surface area contributed by atoms with E-state index in [2.05, 4.69) is 127 Å². The summed E-state index contributed by atoms with van der Waals surface area (Å²) < 4.78 is 4.60. The van der Waals surface area contributed by atoms with Crippen molar-refractivity contribution in [3.8, 4) is 39.7 Å². The lowest BCUT2D eigenvalue weighted by Gasteiger charge is -2.25. The fourth-order valence-electron chi connectivity index (χ4n) is 10.4. The lowest BCUT2D eigenvalue weighted by atomic mass is 9.88. The van der Waals surface area contributed by atoms with Crippen LogP contribution in [0, 0.1) is 17.9 Å². The zero-order valence-corrected chi connectivity index (χ0v) is 31.8. The maximum atomic E-state index is 11.7. The van der Waals surface area contributed by atoms with Crippen molar-refractivity contribution in [1.29, 1.82) is 5.26 Å². The van der Waals surface area contributed by atoms with Gasteiger partial charge in [0.05, 0.1) is 45.6 Å². The highest BCUT2D eigenvalue weighted by molar-refractivity contribution is 6.36. The lowest BCUT2D eigenvalue weighted by molar-refractivity contribution is 1.13. The third kappa shape index (κ3) is 4.04. The van der Waals surface area contributed by atoms with Gasteiger partial charge < -0.3 is 9.13 Å². The summed E-state index contributed by atoms with van der Waals surface area (Å²) in [6.45, 7) is 9.15. The average Bonchev–Trinajstić information content (AvgIpc) is 3.84. The SMILES string of the molecule is [C-]#[N+]c1c(-c2ccccc2)c(C#N)c(-n2c3cccc4c5ccncc5c5cccc2c5c43)c(-c2ccccc2)c1-n1c2cccc3c4ccncc4c4cccc1c4c32. The van der Waals surface area contributed by atoms with Crippen LogP contribution < -0.4 is 0 Å². The van der Waals surface area contributed by atoms with Crippen LogP contribution >= 0.6 is 0 Å². The molecule has 0 aliphatic carbocycles. The quantitative estimate of drug-likeness (QED) is 0.133. The Bertz CT molecular complexity index is 3620. The molecule has 4 heterocycles. The summed E-state index contributed by atoms with van der Waals surface area (Å²) in [6, 6.07) is 53.0. The zero-order chi connectivity index (χ0) is 39.6. The molecule has 6 heteroatoms. The highest BCUT2D eigenvalue weighted by Crippen LogP contribution is 2.54. The molecule has 0 saturated heterocycles. The molecule has 0 unspecified atom stereocenters. The number of nitriles is 1. The predicted molar refractivity (Wildman–Crippen MR) is 245 cm³/mol. The molecule has 9 aromatic carbocycles. The fraction of sp³-hybridized carbons (Fsp3) is 0. The Balaban J connectivity index is 1.33. The normalized spacial score (nSPS) is 12.0. The van der Waals surface area contributed by atoms with Gasteiger partial charge in [0.2, 0.25) is 5.69 Å². The summed E-state index contributed by atoms with van der Waals surface area (Å²) in [5.74, 6) is 0. The number of benzene rings is 9.